The molecule has 112 valence electrons. The van der Waals surface area contributed by atoms with Crippen molar-refractivity contribution in [3.8, 4) is 0 Å². The Morgan fingerprint density at radius 1 is 1.14 bits per heavy atom. The number of hydrogen-bond acceptors (Lipinski definition) is 6. The largest absolute Gasteiger partial charge is 0.322 e. The minimum Gasteiger partial charge on any atom is -0.322 e. The molecule has 1 aromatic carbocycles. The summed E-state index contributed by atoms with van der Waals surface area (Å²) in [6.07, 6.45) is 8.22. The highest BCUT2D eigenvalue weighted by Crippen LogP contribution is 2.36. The number of rotatable bonds is 3. The summed E-state index contributed by atoms with van der Waals surface area (Å²) in [7, 11) is 0. The molecule has 0 bridgehead atoms. The average Bonchev–Trinajstić information content (AvgIpc) is 2.53. The van der Waals surface area contributed by atoms with E-state index in [9.17, 15) is 0 Å². The Morgan fingerprint density at radius 2 is 1.82 bits per heavy atom. The molecule has 2 N–H and O–H groups in total. The highest BCUT2D eigenvalue weighted by atomic mass is 79.9. The molecule has 0 saturated carbocycles. The predicted molar refractivity (Wildman–Crippen MR) is 92.7 cm³/mol. The fourth-order valence-corrected chi connectivity index (χ4v) is 2.52. The van der Waals surface area contributed by atoms with Crippen LogP contribution in [0.2, 0.25) is 10.0 Å². The van der Waals surface area contributed by atoms with Crippen molar-refractivity contribution >= 4 is 62.8 Å². The van der Waals surface area contributed by atoms with E-state index in [2.05, 4.69) is 41.6 Å². The maximum Gasteiger partial charge on any atom is 0.227 e. The maximum absolute atomic E-state index is 6.31. The number of hydrogen-bond donors (Lipinski definition) is 2. The zero-order valence-corrected chi connectivity index (χ0v) is 14.1. The van der Waals surface area contributed by atoms with Crippen LogP contribution in [0.15, 0.2) is 46.4 Å². The lowest BCUT2D eigenvalue weighted by molar-refractivity contribution is 0.909. The minimum atomic E-state index is 0.403. The minimum absolute atomic E-state index is 0.403. The number of nitrogens with one attached hydrogen (secondary N) is 2. The average molecular weight is 400 g/mol. The number of aliphatic imine (C=N–C) groups is 1. The van der Waals surface area contributed by atoms with E-state index in [-0.39, 0.29) is 0 Å². The molecular formula is C13H9BrCl2N6. The fraction of sp³-hybridized carbons (Fsp3) is 0. The number of nitrogens with zero attached hydrogens (tertiary/aromatic N) is 4. The van der Waals surface area contributed by atoms with Crippen molar-refractivity contribution in [1.82, 2.24) is 15.4 Å². The van der Waals surface area contributed by atoms with Crippen molar-refractivity contribution in [3.63, 3.8) is 0 Å². The summed E-state index contributed by atoms with van der Waals surface area (Å²) in [6, 6.07) is 3.51. The lowest BCUT2D eigenvalue weighted by atomic mass is 10.2. The highest BCUT2D eigenvalue weighted by Gasteiger charge is 2.13. The van der Waals surface area contributed by atoms with E-state index in [1.165, 1.54) is 0 Å². The number of halogens is 3. The van der Waals surface area contributed by atoms with E-state index in [0.29, 0.717) is 21.7 Å². The molecule has 9 heteroatoms. The summed E-state index contributed by atoms with van der Waals surface area (Å²) < 4.78 is 0.786. The van der Waals surface area contributed by atoms with E-state index in [1.807, 2.05) is 0 Å². The summed E-state index contributed by atoms with van der Waals surface area (Å²) in [5, 5.41) is 5.58. The molecule has 1 aliphatic rings. The van der Waals surface area contributed by atoms with Crippen LogP contribution in [0.1, 0.15) is 0 Å². The number of anilines is 3. The molecule has 0 fully saturated rings. The molecule has 0 radical (unpaired) electrons. The van der Waals surface area contributed by atoms with Crippen LogP contribution in [0.3, 0.4) is 0 Å². The van der Waals surface area contributed by atoms with E-state index in [4.69, 9.17) is 23.2 Å². The molecule has 3 rings (SSSR count). The molecule has 0 atom stereocenters. The van der Waals surface area contributed by atoms with Gasteiger partial charge in [-0.05, 0) is 28.1 Å². The first-order valence-corrected chi connectivity index (χ1v) is 7.66. The van der Waals surface area contributed by atoms with Gasteiger partial charge in [0.15, 0.2) is 0 Å². The van der Waals surface area contributed by atoms with Gasteiger partial charge in [-0.25, -0.2) is 20.0 Å². The van der Waals surface area contributed by atoms with Crippen molar-refractivity contribution in [1.29, 1.82) is 0 Å². The molecule has 0 aliphatic carbocycles. The first-order valence-electron chi connectivity index (χ1n) is 6.11. The van der Waals surface area contributed by atoms with Gasteiger partial charge in [-0.15, -0.1) is 0 Å². The summed E-state index contributed by atoms with van der Waals surface area (Å²) in [6.45, 7) is 0. The Hall–Kier alpha value is -1.83. The third kappa shape index (κ3) is 3.32. The molecule has 0 spiro atoms. The van der Waals surface area contributed by atoms with E-state index < -0.39 is 0 Å². The fourth-order valence-electron chi connectivity index (χ4n) is 1.74. The second kappa shape index (κ2) is 6.51. The Bertz CT molecular complexity index is 724. The molecule has 2 aromatic rings. The number of aromatic nitrogens is 2. The van der Waals surface area contributed by atoms with Gasteiger partial charge in [0.25, 0.3) is 0 Å². The van der Waals surface area contributed by atoms with Gasteiger partial charge in [0.1, 0.15) is 6.34 Å². The summed E-state index contributed by atoms with van der Waals surface area (Å²) in [4.78, 5) is 12.3. The van der Waals surface area contributed by atoms with Crippen LogP contribution >= 0.6 is 39.1 Å². The first-order chi connectivity index (χ1) is 10.6. The van der Waals surface area contributed by atoms with Crippen LogP contribution < -0.4 is 15.8 Å². The van der Waals surface area contributed by atoms with Crippen molar-refractivity contribution in [2.45, 2.75) is 0 Å². The standard InChI is InChI=1S/C13H9BrCl2N6/c14-8-5-18-13(19-6-8)21-12-10(15)3-9(4-11(12)16)22-7-17-1-2-20-22/h1-7,20H,(H,18,19,21). The Kier molecular flexibility index (Phi) is 4.47. The third-order valence-corrected chi connectivity index (χ3v) is 3.72. The quantitative estimate of drug-likeness (QED) is 0.812. The van der Waals surface area contributed by atoms with Crippen molar-refractivity contribution in [2.24, 2.45) is 4.99 Å². The SMILES string of the molecule is Clc1cc(N2C=NC=CN2)cc(Cl)c1Nc1ncc(Br)cn1. The zero-order chi connectivity index (χ0) is 15.5. The lowest BCUT2D eigenvalue weighted by Crippen LogP contribution is -2.34. The summed E-state index contributed by atoms with van der Waals surface area (Å²) in [5.41, 5.74) is 4.30. The van der Waals surface area contributed by atoms with Crippen LogP contribution in [0.5, 0.6) is 0 Å². The molecule has 2 heterocycles. The number of hydrazine groups is 1. The summed E-state index contributed by atoms with van der Waals surface area (Å²) in [5.74, 6) is 0.403. The topological polar surface area (TPSA) is 65.4 Å². The van der Waals surface area contributed by atoms with E-state index in [1.54, 1.807) is 48.3 Å². The molecule has 6 nitrogen and oxygen atoms in total. The van der Waals surface area contributed by atoms with Crippen LogP contribution in [-0.2, 0) is 0 Å². The third-order valence-electron chi connectivity index (χ3n) is 2.72. The monoisotopic (exact) mass is 398 g/mol. The molecule has 0 unspecified atom stereocenters. The second-order valence-corrected chi connectivity index (χ2v) is 5.94. The van der Waals surface area contributed by atoms with Crippen LogP contribution in [0.4, 0.5) is 17.3 Å². The van der Waals surface area contributed by atoms with Crippen LogP contribution in [-0.4, -0.2) is 16.3 Å². The van der Waals surface area contributed by atoms with E-state index in [0.717, 1.165) is 10.2 Å². The summed E-state index contributed by atoms with van der Waals surface area (Å²) >= 11 is 15.9. The van der Waals surface area contributed by atoms with Crippen molar-refractivity contribution in [3.05, 3.63) is 51.4 Å². The van der Waals surface area contributed by atoms with Gasteiger partial charge in [-0.3, -0.25) is 5.43 Å². The smallest absolute Gasteiger partial charge is 0.227 e. The van der Waals surface area contributed by atoms with Crippen molar-refractivity contribution in [2.75, 3.05) is 10.3 Å². The second-order valence-electron chi connectivity index (χ2n) is 4.21. The van der Waals surface area contributed by atoms with Gasteiger partial charge in [0.05, 0.1) is 25.9 Å². The Balaban J connectivity index is 1.88. The normalized spacial score (nSPS) is 13.1. The maximum atomic E-state index is 6.31. The number of benzene rings is 1. The van der Waals surface area contributed by atoms with E-state index >= 15 is 0 Å². The lowest BCUT2D eigenvalue weighted by Gasteiger charge is -2.22. The predicted octanol–water partition coefficient (Wildman–Crippen LogP) is 4.11. The zero-order valence-electron chi connectivity index (χ0n) is 11.0. The highest BCUT2D eigenvalue weighted by molar-refractivity contribution is 9.10. The Labute approximate surface area is 145 Å². The molecule has 0 saturated heterocycles. The van der Waals surface area contributed by atoms with Gasteiger partial charge in [-0.2, -0.15) is 0 Å². The molecule has 1 aromatic heterocycles. The van der Waals surface area contributed by atoms with Crippen LogP contribution in [0, 0.1) is 0 Å². The Morgan fingerprint density at radius 3 is 2.41 bits per heavy atom. The van der Waals surface area contributed by atoms with Gasteiger partial charge in [-0.1, -0.05) is 23.2 Å². The van der Waals surface area contributed by atoms with Crippen LogP contribution in [0.25, 0.3) is 0 Å². The van der Waals surface area contributed by atoms with Crippen molar-refractivity contribution < 1.29 is 0 Å². The molecular weight excluding hydrogens is 391 g/mol. The van der Waals surface area contributed by atoms with Gasteiger partial charge in [0.2, 0.25) is 5.95 Å². The molecule has 22 heavy (non-hydrogen) atoms. The van der Waals surface area contributed by atoms with Gasteiger partial charge >= 0.3 is 0 Å². The molecule has 1 aliphatic heterocycles. The molecule has 0 amide bonds. The first kappa shape index (κ1) is 15.1. The van der Waals surface area contributed by atoms with Gasteiger partial charge < -0.3 is 5.32 Å². The van der Waals surface area contributed by atoms with Gasteiger partial charge in [0, 0.05) is 24.8 Å².